The minimum Gasteiger partial charge on any atom is -0.487 e. The molecule has 0 spiro atoms. The molecule has 0 saturated heterocycles. The summed E-state index contributed by atoms with van der Waals surface area (Å²) in [6.07, 6.45) is 3.85. The molecule has 0 fully saturated rings. The minimum absolute atomic E-state index is 0.0337. The van der Waals surface area contributed by atoms with Crippen molar-refractivity contribution in [3.05, 3.63) is 48.0 Å². The highest BCUT2D eigenvalue weighted by molar-refractivity contribution is 7.89. The van der Waals surface area contributed by atoms with Gasteiger partial charge in [-0.1, -0.05) is 18.8 Å². The molecule has 0 saturated carbocycles. The third-order valence-corrected chi connectivity index (χ3v) is 7.67. The van der Waals surface area contributed by atoms with Crippen molar-refractivity contribution < 1.29 is 23.4 Å². The van der Waals surface area contributed by atoms with Crippen LogP contribution >= 0.6 is 0 Å². The van der Waals surface area contributed by atoms with E-state index in [0.29, 0.717) is 18.7 Å². The Morgan fingerprint density at radius 2 is 2.00 bits per heavy atom. The lowest BCUT2D eigenvalue weighted by Crippen LogP contribution is -2.49. The van der Waals surface area contributed by atoms with E-state index in [1.165, 1.54) is 16.7 Å². The summed E-state index contributed by atoms with van der Waals surface area (Å²) in [7, 11) is -1.96. The zero-order valence-electron chi connectivity index (χ0n) is 19.9. The maximum atomic E-state index is 13.5. The van der Waals surface area contributed by atoms with Gasteiger partial charge in [0.1, 0.15) is 29.2 Å². The smallest absolute Gasteiger partial charge is 0.247 e. The lowest BCUT2D eigenvalue weighted by Gasteiger charge is -2.37. The number of aliphatic hydroxyl groups excluding tert-OH is 2. The van der Waals surface area contributed by atoms with E-state index in [4.69, 9.17) is 4.74 Å². The Labute approximate surface area is 201 Å². The summed E-state index contributed by atoms with van der Waals surface area (Å²) in [6, 6.07) is 4.08. The van der Waals surface area contributed by atoms with Crippen LogP contribution in [-0.2, 0) is 16.6 Å². The number of ether oxygens (including phenoxy) is 1. The standard InChI is InChI=1S/C24H32N4O5S/c1-17-12-28(18(2)15-29)34(31,32)24-8-7-20(6-5-19(3)30)9-22(24)33-23(17)14-27(4)13-21-10-25-16-26-11-21/h7-11,16-19,23,29-30H,12-15H2,1-4H3/t17-,18+,19+,23-/m1/s1. The molecule has 1 aliphatic rings. The largest absolute Gasteiger partial charge is 0.487 e. The van der Waals surface area contributed by atoms with Gasteiger partial charge in [-0.25, -0.2) is 18.4 Å². The lowest BCUT2D eigenvalue weighted by atomic mass is 10.0. The van der Waals surface area contributed by atoms with Gasteiger partial charge >= 0.3 is 0 Å². The van der Waals surface area contributed by atoms with Crippen LogP contribution < -0.4 is 4.74 Å². The van der Waals surface area contributed by atoms with Gasteiger partial charge < -0.3 is 14.9 Å². The minimum atomic E-state index is -3.91. The first kappa shape index (κ1) is 26.1. The summed E-state index contributed by atoms with van der Waals surface area (Å²) >= 11 is 0. The molecule has 0 amide bonds. The van der Waals surface area contributed by atoms with Crippen LogP contribution in [0.4, 0.5) is 0 Å². The van der Waals surface area contributed by atoms with Gasteiger partial charge in [0, 0.05) is 55.1 Å². The fourth-order valence-electron chi connectivity index (χ4n) is 3.80. The Bertz CT molecular complexity index is 1130. The van der Waals surface area contributed by atoms with Crippen molar-refractivity contribution >= 4 is 10.0 Å². The Morgan fingerprint density at radius 1 is 1.29 bits per heavy atom. The summed E-state index contributed by atoms with van der Waals surface area (Å²) in [5, 5.41) is 19.2. The fraction of sp³-hybridized carbons (Fsp3) is 0.500. The van der Waals surface area contributed by atoms with E-state index < -0.39 is 22.2 Å². The van der Waals surface area contributed by atoms with E-state index in [-0.39, 0.29) is 35.8 Å². The number of sulfonamides is 1. The molecule has 3 rings (SSSR count). The van der Waals surface area contributed by atoms with Gasteiger partial charge in [-0.15, -0.1) is 0 Å². The van der Waals surface area contributed by atoms with Gasteiger partial charge in [-0.3, -0.25) is 4.90 Å². The van der Waals surface area contributed by atoms with Crippen molar-refractivity contribution in [2.24, 2.45) is 5.92 Å². The highest BCUT2D eigenvalue weighted by atomic mass is 32.2. The molecule has 0 aliphatic carbocycles. The summed E-state index contributed by atoms with van der Waals surface area (Å²) < 4.78 is 34.7. The predicted octanol–water partition coefficient (Wildman–Crippen LogP) is 1.11. The molecular weight excluding hydrogens is 456 g/mol. The molecule has 0 unspecified atom stereocenters. The first-order valence-electron chi connectivity index (χ1n) is 11.2. The molecule has 4 atom stereocenters. The molecule has 9 nitrogen and oxygen atoms in total. The molecule has 2 N–H and O–H groups in total. The van der Waals surface area contributed by atoms with Crippen molar-refractivity contribution in [3.8, 4) is 17.6 Å². The molecule has 34 heavy (non-hydrogen) atoms. The summed E-state index contributed by atoms with van der Waals surface area (Å²) in [5.74, 6) is 5.56. The quantitative estimate of drug-likeness (QED) is 0.581. The van der Waals surface area contributed by atoms with Crippen LogP contribution in [0.15, 0.2) is 41.8 Å². The van der Waals surface area contributed by atoms with Gasteiger partial charge in [0.15, 0.2) is 0 Å². The second-order valence-corrected chi connectivity index (χ2v) is 10.6. The van der Waals surface area contributed by atoms with Gasteiger partial charge in [0.05, 0.1) is 6.61 Å². The SMILES string of the molecule is C[C@H](O)C#Cc1ccc2c(c1)O[C@H](CN(C)Cc1cncnc1)[C@H](C)CN([C@@H](C)CO)S2(=O)=O. The second-order valence-electron chi connectivity index (χ2n) is 8.79. The van der Waals surface area contributed by atoms with Gasteiger partial charge in [0.2, 0.25) is 10.0 Å². The van der Waals surface area contributed by atoms with Crippen LogP contribution in [0.25, 0.3) is 0 Å². The summed E-state index contributed by atoms with van der Waals surface area (Å²) in [6.45, 7) is 6.24. The number of fused-ring (bicyclic) bond motifs is 1. The number of aromatic nitrogens is 2. The summed E-state index contributed by atoms with van der Waals surface area (Å²) in [5.41, 5.74) is 1.50. The average molecular weight is 489 g/mol. The zero-order valence-corrected chi connectivity index (χ0v) is 20.7. The topological polar surface area (TPSA) is 116 Å². The number of benzene rings is 1. The number of rotatable bonds is 6. The first-order chi connectivity index (χ1) is 16.1. The van der Waals surface area contributed by atoms with E-state index in [0.717, 1.165) is 5.56 Å². The van der Waals surface area contributed by atoms with Crippen LogP contribution in [0, 0.1) is 17.8 Å². The molecule has 1 aromatic carbocycles. The normalized spacial score (nSPS) is 21.9. The zero-order chi connectivity index (χ0) is 24.9. The van der Waals surface area contributed by atoms with Crippen molar-refractivity contribution in [2.75, 3.05) is 26.7 Å². The fourth-order valence-corrected chi connectivity index (χ4v) is 5.63. The third-order valence-electron chi connectivity index (χ3n) is 5.65. The molecule has 10 heteroatoms. The van der Waals surface area contributed by atoms with Crippen molar-refractivity contribution in [1.29, 1.82) is 0 Å². The van der Waals surface area contributed by atoms with E-state index >= 15 is 0 Å². The highest BCUT2D eigenvalue weighted by Crippen LogP contribution is 2.34. The van der Waals surface area contributed by atoms with Crippen LogP contribution in [0.2, 0.25) is 0 Å². The van der Waals surface area contributed by atoms with Crippen molar-refractivity contribution in [2.45, 2.75) is 50.5 Å². The Balaban J connectivity index is 1.99. The Morgan fingerprint density at radius 3 is 2.65 bits per heavy atom. The molecule has 1 aliphatic heterocycles. The number of aliphatic hydroxyl groups is 2. The summed E-state index contributed by atoms with van der Waals surface area (Å²) in [4.78, 5) is 10.2. The Kier molecular flexibility index (Phi) is 8.62. The molecule has 1 aromatic heterocycles. The Hall–Kier alpha value is -2.55. The molecule has 0 radical (unpaired) electrons. The third kappa shape index (κ3) is 6.31. The van der Waals surface area contributed by atoms with E-state index in [1.807, 2.05) is 14.0 Å². The second kappa shape index (κ2) is 11.3. The lowest BCUT2D eigenvalue weighted by molar-refractivity contribution is 0.0733. The van der Waals surface area contributed by atoms with Gasteiger partial charge in [-0.05, 0) is 39.1 Å². The monoisotopic (exact) mass is 488 g/mol. The van der Waals surface area contributed by atoms with Crippen LogP contribution in [-0.4, -0.2) is 82.8 Å². The molecule has 2 heterocycles. The number of likely N-dealkylation sites (N-methyl/N-ethyl adjacent to an activating group) is 1. The molecule has 184 valence electrons. The van der Waals surface area contributed by atoms with Crippen molar-refractivity contribution in [3.63, 3.8) is 0 Å². The predicted molar refractivity (Wildman–Crippen MR) is 127 cm³/mol. The number of hydrogen-bond donors (Lipinski definition) is 2. The van der Waals surface area contributed by atoms with E-state index in [2.05, 4.69) is 26.7 Å². The van der Waals surface area contributed by atoms with E-state index in [9.17, 15) is 18.6 Å². The maximum Gasteiger partial charge on any atom is 0.247 e. The molecule has 0 bridgehead atoms. The van der Waals surface area contributed by atoms with Gasteiger partial charge in [-0.2, -0.15) is 4.31 Å². The molecular formula is C24H32N4O5S. The number of nitrogens with zero attached hydrogens (tertiary/aromatic N) is 4. The van der Waals surface area contributed by atoms with Crippen LogP contribution in [0.5, 0.6) is 5.75 Å². The number of hydrogen-bond acceptors (Lipinski definition) is 8. The highest BCUT2D eigenvalue weighted by Gasteiger charge is 2.38. The van der Waals surface area contributed by atoms with Crippen LogP contribution in [0.3, 0.4) is 0 Å². The first-order valence-corrected chi connectivity index (χ1v) is 12.6. The maximum absolute atomic E-state index is 13.5. The van der Waals surface area contributed by atoms with E-state index in [1.54, 1.807) is 38.4 Å². The average Bonchev–Trinajstić information content (AvgIpc) is 2.80. The molecule has 2 aromatic rings. The van der Waals surface area contributed by atoms with Crippen LogP contribution in [0.1, 0.15) is 31.9 Å². The van der Waals surface area contributed by atoms with Crippen molar-refractivity contribution in [1.82, 2.24) is 19.2 Å². The van der Waals surface area contributed by atoms with Gasteiger partial charge in [0.25, 0.3) is 0 Å².